The number of hydrogen-bond donors (Lipinski definition) is 0. The molecule has 1 aromatic heterocycles. The van der Waals surface area contributed by atoms with Crippen LogP contribution in [0.2, 0.25) is 0 Å². The van der Waals surface area contributed by atoms with Crippen molar-refractivity contribution in [1.29, 1.82) is 0 Å². The van der Waals surface area contributed by atoms with Crippen molar-refractivity contribution >= 4 is 0 Å². The highest BCUT2D eigenvalue weighted by molar-refractivity contribution is 5.05. The topological polar surface area (TPSA) is 47.5 Å². The van der Waals surface area contributed by atoms with Crippen LogP contribution < -0.4 is 4.74 Å². The smallest absolute Gasteiger partial charge is 0.316 e. The van der Waals surface area contributed by atoms with E-state index in [1.54, 1.807) is 6.20 Å². The lowest BCUT2D eigenvalue weighted by atomic mass is 9.77. The maximum Gasteiger partial charge on any atom is 0.316 e. The second-order valence-corrected chi connectivity index (χ2v) is 7.21. The summed E-state index contributed by atoms with van der Waals surface area (Å²) in [5.41, 5.74) is 1.07. The van der Waals surface area contributed by atoms with Crippen molar-refractivity contribution in [1.82, 2.24) is 14.9 Å². The molecule has 0 spiro atoms. The van der Waals surface area contributed by atoms with Gasteiger partial charge < -0.3 is 14.4 Å². The number of ether oxygens (including phenoxy) is 2. The highest BCUT2D eigenvalue weighted by atomic mass is 16.5. The van der Waals surface area contributed by atoms with Gasteiger partial charge in [0, 0.05) is 43.5 Å². The van der Waals surface area contributed by atoms with Crippen LogP contribution in [0.5, 0.6) is 6.01 Å². The minimum absolute atomic E-state index is 0.125. The first-order valence-corrected chi connectivity index (χ1v) is 8.50. The van der Waals surface area contributed by atoms with E-state index in [9.17, 15) is 0 Å². The van der Waals surface area contributed by atoms with Crippen molar-refractivity contribution in [2.24, 2.45) is 11.3 Å². The first kappa shape index (κ1) is 14.4. The van der Waals surface area contributed by atoms with E-state index in [1.165, 1.54) is 25.9 Å². The Bertz CT molecular complexity index is 534. The fraction of sp³-hybridized carbons (Fsp3) is 0.765. The Morgan fingerprint density at radius 2 is 2.32 bits per heavy atom. The molecule has 0 aromatic carbocycles. The first-order chi connectivity index (χ1) is 10.7. The van der Waals surface area contributed by atoms with Crippen LogP contribution in [0.25, 0.3) is 0 Å². The van der Waals surface area contributed by atoms with E-state index >= 15 is 0 Å². The van der Waals surface area contributed by atoms with Crippen LogP contribution in [0.1, 0.15) is 31.4 Å². The molecule has 0 radical (unpaired) electrons. The largest absolute Gasteiger partial charge is 0.463 e. The molecule has 4 rings (SSSR count). The number of aryl methyl sites for hydroxylation is 1. The van der Waals surface area contributed by atoms with E-state index < -0.39 is 0 Å². The molecule has 5 heteroatoms. The molecule has 0 unspecified atom stereocenters. The summed E-state index contributed by atoms with van der Waals surface area (Å²) in [5, 5.41) is 0. The van der Waals surface area contributed by atoms with Gasteiger partial charge in [-0.2, -0.15) is 0 Å². The maximum atomic E-state index is 5.99. The zero-order valence-electron chi connectivity index (χ0n) is 13.3. The number of aromatic nitrogens is 2. The summed E-state index contributed by atoms with van der Waals surface area (Å²) in [6.07, 6.45) is 7.15. The quantitative estimate of drug-likeness (QED) is 0.833. The summed E-state index contributed by atoms with van der Waals surface area (Å²) < 4.78 is 12.0. The van der Waals surface area contributed by atoms with E-state index in [2.05, 4.69) is 14.9 Å². The third kappa shape index (κ3) is 2.97. The monoisotopic (exact) mass is 303 g/mol. The van der Waals surface area contributed by atoms with Crippen molar-refractivity contribution in [3.05, 3.63) is 18.0 Å². The van der Waals surface area contributed by atoms with Gasteiger partial charge in [0.25, 0.3) is 0 Å². The molecule has 0 bridgehead atoms. The molecule has 3 heterocycles. The van der Waals surface area contributed by atoms with Gasteiger partial charge in [-0.25, -0.2) is 9.97 Å². The zero-order chi connectivity index (χ0) is 15.0. The van der Waals surface area contributed by atoms with E-state index in [0.717, 1.165) is 37.6 Å². The molecule has 0 amide bonds. The predicted molar refractivity (Wildman–Crippen MR) is 82.8 cm³/mol. The van der Waals surface area contributed by atoms with Crippen LogP contribution in [0.4, 0.5) is 0 Å². The van der Waals surface area contributed by atoms with Gasteiger partial charge in [-0.05, 0) is 44.6 Å². The Balaban J connectivity index is 1.43. The van der Waals surface area contributed by atoms with Gasteiger partial charge in [-0.15, -0.1) is 0 Å². The molecule has 120 valence electrons. The summed E-state index contributed by atoms with van der Waals surface area (Å²) in [7, 11) is 0. The number of hydrogen-bond acceptors (Lipinski definition) is 5. The van der Waals surface area contributed by atoms with E-state index in [0.29, 0.717) is 18.7 Å². The fourth-order valence-electron chi connectivity index (χ4n) is 3.87. The number of likely N-dealkylation sites (tertiary alicyclic amines) is 1. The molecule has 3 fully saturated rings. The lowest BCUT2D eigenvalue weighted by Gasteiger charge is -2.43. The van der Waals surface area contributed by atoms with Gasteiger partial charge >= 0.3 is 6.01 Å². The Kier molecular flexibility index (Phi) is 3.78. The summed E-state index contributed by atoms with van der Waals surface area (Å²) in [5.74, 6) is 0.942. The maximum absolute atomic E-state index is 5.99. The highest BCUT2D eigenvalue weighted by Crippen LogP contribution is 2.42. The van der Waals surface area contributed by atoms with Crippen molar-refractivity contribution in [2.45, 2.75) is 38.7 Å². The van der Waals surface area contributed by atoms with Crippen LogP contribution in [0.3, 0.4) is 0 Å². The van der Waals surface area contributed by atoms with Crippen LogP contribution >= 0.6 is 0 Å². The molecule has 22 heavy (non-hydrogen) atoms. The molecule has 2 saturated heterocycles. The van der Waals surface area contributed by atoms with Gasteiger partial charge in [-0.1, -0.05) is 0 Å². The summed E-state index contributed by atoms with van der Waals surface area (Å²) in [6, 6.07) is 2.39. The normalized spacial score (nSPS) is 32.0. The molecule has 1 aromatic rings. The molecule has 3 aliphatic rings. The van der Waals surface area contributed by atoms with E-state index in [-0.39, 0.29) is 5.41 Å². The zero-order valence-corrected chi connectivity index (χ0v) is 13.3. The van der Waals surface area contributed by atoms with Crippen molar-refractivity contribution in [3.63, 3.8) is 0 Å². The molecule has 2 aliphatic heterocycles. The summed E-state index contributed by atoms with van der Waals surface area (Å²) >= 11 is 0. The molecular weight excluding hydrogens is 278 g/mol. The Labute approximate surface area is 132 Å². The molecular formula is C17H25N3O2. The Morgan fingerprint density at radius 1 is 1.41 bits per heavy atom. The molecule has 1 saturated carbocycles. The van der Waals surface area contributed by atoms with Crippen LogP contribution in [-0.4, -0.2) is 53.8 Å². The van der Waals surface area contributed by atoms with Crippen LogP contribution in [0.15, 0.2) is 12.3 Å². The van der Waals surface area contributed by atoms with Gasteiger partial charge in [0.2, 0.25) is 0 Å². The Hall–Kier alpha value is -1.20. The molecule has 5 nitrogen and oxygen atoms in total. The van der Waals surface area contributed by atoms with Crippen molar-refractivity contribution in [2.75, 3.05) is 32.8 Å². The third-order valence-corrected chi connectivity index (χ3v) is 5.32. The Morgan fingerprint density at radius 3 is 3.14 bits per heavy atom. The van der Waals surface area contributed by atoms with Gasteiger partial charge in [0.15, 0.2) is 0 Å². The van der Waals surface area contributed by atoms with Crippen LogP contribution in [-0.2, 0) is 4.74 Å². The number of piperidine rings is 1. The van der Waals surface area contributed by atoms with E-state index in [4.69, 9.17) is 9.47 Å². The fourth-order valence-corrected chi connectivity index (χ4v) is 3.87. The number of nitrogens with zero attached hydrogens (tertiary/aromatic N) is 3. The highest BCUT2D eigenvalue weighted by Gasteiger charge is 2.49. The lowest BCUT2D eigenvalue weighted by molar-refractivity contribution is -0.0415. The average molecular weight is 303 g/mol. The second kappa shape index (κ2) is 5.78. The minimum Gasteiger partial charge on any atom is -0.463 e. The van der Waals surface area contributed by atoms with Gasteiger partial charge in [0.05, 0.1) is 6.10 Å². The van der Waals surface area contributed by atoms with Gasteiger partial charge in [0.1, 0.15) is 6.61 Å². The average Bonchev–Trinajstić information content (AvgIpc) is 3.22. The second-order valence-electron chi connectivity index (χ2n) is 7.21. The third-order valence-electron chi connectivity index (χ3n) is 5.32. The van der Waals surface area contributed by atoms with E-state index in [1.807, 2.05) is 13.0 Å². The van der Waals surface area contributed by atoms with Gasteiger partial charge in [-0.3, -0.25) is 0 Å². The number of rotatable bonds is 5. The minimum atomic E-state index is 0.125. The summed E-state index contributed by atoms with van der Waals surface area (Å²) in [6.45, 7) is 7.02. The number of fused-ring (bicyclic) bond motifs is 1. The SMILES string of the molecule is Cc1ccnc(OC[C@@]23CCO[C@@H]2CCN(CC2CC2)C3)n1. The molecule has 0 N–H and O–H groups in total. The van der Waals surface area contributed by atoms with Crippen molar-refractivity contribution in [3.8, 4) is 6.01 Å². The first-order valence-electron chi connectivity index (χ1n) is 8.50. The standard InChI is InChI=1S/C17H25N3O2/c1-13-4-7-18-16(19-13)22-12-17-6-9-21-15(17)5-8-20(11-17)10-14-2-3-14/h4,7,14-15H,2-3,5-6,8-12H2,1H3/t15-,17+/m1/s1. The van der Waals surface area contributed by atoms with Crippen molar-refractivity contribution < 1.29 is 9.47 Å². The summed E-state index contributed by atoms with van der Waals surface area (Å²) in [4.78, 5) is 11.2. The molecule has 1 aliphatic carbocycles. The molecule has 2 atom stereocenters. The predicted octanol–water partition coefficient (Wildman–Crippen LogP) is 2.05. The lowest BCUT2D eigenvalue weighted by Crippen LogP contribution is -2.52. The van der Waals surface area contributed by atoms with Crippen LogP contribution in [0, 0.1) is 18.3 Å².